The molecule has 7 heteroatoms. The highest BCUT2D eigenvalue weighted by Gasteiger charge is 2.42. The largest absolute Gasteiger partial charge is 0.379 e. The number of morpholine rings is 1. The van der Waals surface area contributed by atoms with Gasteiger partial charge in [-0.1, -0.05) is 18.2 Å². The molecule has 0 bridgehead atoms. The zero-order chi connectivity index (χ0) is 24.4. The average Bonchev–Trinajstić information content (AvgIpc) is 3.36. The Morgan fingerprint density at radius 3 is 2.60 bits per heavy atom. The van der Waals surface area contributed by atoms with Crippen LogP contribution >= 0.6 is 12.2 Å². The Labute approximate surface area is 213 Å². The molecule has 0 unspecified atom stereocenters. The summed E-state index contributed by atoms with van der Waals surface area (Å²) < 4.78 is 7.97. The van der Waals surface area contributed by atoms with E-state index in [0.29, 0.717) is 0 Å². The molecule has 2 saturated heterocycles. The van der Waals surface area contributed by atoms with Gasteiger partial charge in [-0.05, 0) is 80.9 Å². The van der Waals surface area contributed by atoms with E-state index < -0.39 is 0 Å². The maximum absolute atomic E-state index is 5.91. The minimum absolute atomic E-state index is 0.0217. The van der Waals surface area contributed by atoms with Gasteiger partial charge in [-0.15, -0.1) is 0 Å². The molecule has 2 aliphatic rings. The summed E-state index contributed by atoms with van der Waals surface area (Å²) in [6, 6.07) is 17.1. The van der Waals surface area contributed by atoms with Crippen LogP contribution in [0.5, 0.6) is 0 Å². The summed E-state index contributed by atoms with van der Waals surface area (Å²) in [6.45, 7) is 12.5. The van der Waals surface area contributed by atoms with Crippen molar-refractivity contribution in [3.63, 3.8) is 0 Å². The number of hydrogen-bond donors (Lipinski definition) is 1. The Morgan fingerprint density at radius 1 is 1.03 bits per heavy atom. The molecule has 2 aromatic heterocycles. The number of aromatic nitrogens is 2. The zero-order valence-corrected chi connectivity index (χ0v) is 21.7. The number of benzene rings is 1. The van der Waals surface area contributed by atoms with Crippen molar-refractivity contribution in [2.24, 2.45) is 0 Å². The molecule has 2 atom stereocenters. The monoisotopic (exact) mass is 489 g/mol. The Bertz CT molecular complexity index is 1170. The van der Waals surface area contributed by atoms with E-state index in [4.69, 9.17) is 21.9 Å². The third-order valence-corrected chi connectivity index (χ3v) is 7.58. The van der Waals surface area contributed by atoms with Crippen molar-refractivity contribution in [3.8, 4) is 0 Å². The van der Waals surface area contributed by atoms with Crippen LogP contribution in [0.3, 0.4) is 0 Å². The second-order valence-electron chi connectivity index (χ2n) is 9.62. The van der Waals surface area contributed by atoms with Crippen LogP contribution in [-0.2, 0) is 11.3 Å². The number of aryl methyl sites for hydroxylation is 2. The number of ether oxygens (including phenoxy) is 1. The van der Waals surface area contributed by atoms with E-state index >= 15 is 0 Å². The number of thiocarbonyl (C=S) groups is 1. The van der Waals surface area contributed by atoms with Gasteiger partial charge in [-0.3, -0.25) is 9.88 Å². The Kier molecular flexibility index (Phi) is 7.18. The van der Waals surface area contributed by atoms with Crippen molar-refractivity contribution in [3.05, 3.63) is 82.9 Å². The van der Waals surface area contributed by atoms with Crippen molar-refractivity contribution in [1.29, 1.82) is 0 Å². The molecule has 0 aliphatic carbocycles. The standard InChI is InChI=1S/C28H35N5OS/c1-20-8-6-9-23(18-20)33-27(26(30-28(33)35)25-10-4-5-11-29-25)24-19-21(2)32(22(24)3)13-7-12-31-14-16-34-17-15-31/h4-6,8-11,18-19,26-27H,7,12-17H2,1-3H3,(H,30,35)/t26-,27-/m1/s1. The first kappa shape index (κ1) is 24.0. The van der Waals surface area contributed by atoms with Gasteiger partial charge in [-0.2, -0.15) is 0 Å². The van der Waals surface area contributed by atoms with Crippen LogP contribution in [0.25, 0.3) is 0 Å². The summed E-state index contributed by atoms with van der Waals surface area (Å²) in [4.78, 5) is 9.49. The summed E-state index contributed by atoms with van der Waals surface area (Å²) in [6.07, 6.45) is 2.99. The molecule has 4 heterocycles. The van der Waals surface area contributed by atoms with Gasteiger partial charge in [0.15, 0.2) is 5.11 Å². The third-order valence-electron chi connectivity index (χ3n) is 7.27. The van der Waals surface area contributed by atoms with Crippen molar-refractivity contribution in [2.45, 2.75) is 45.8 Å². The normalized spacial score (nSPS) is 20.9. The highest BCUT2D eigenvalue weighted by Crippen LogP contribution is 2.43. The fraction of sp³-hybridized carbons (Fsp3) is 0.429. The van der Waals surface area contributed by atoms with Crippen molar-refractivity contribution in [1.82, 2.24) is 19.8 Å². The zero-order valence-electron chi connectivity index (χ0n) is 20.9. The van der Waals surface area contributed by atoms with Crippen LogP contribution in [-0.4, -0.2) is 52.4 Å². The van der Waals surface area contributed by atoms with E-state index in [1.54, 1.807) is 0 Å². The first-order chi connectivity index (χ1) is 17.0. The average molecular weight is 490 g/mol. The number of hydrogen-bond acceptors (Lipinski definition) is 4. The number of pyridine rings is 1. The molecule has 2 aliphatic heterocycles. The van der Waals surface area contributed by atoms with E-state index in [0.717, 1.165) is 62.3 Å². The molecule has 3 aromatic rings. The second kappa shape index (κ2) is 10.5. The van der Waals surface area contributed by atoms with E-state index in [9.17, 15) is 0 Å². The molecule has 0 amide bonds. The van der Waals surface area contributed by atoms with Crippen molar-refractivity contribution in [2.75, 3.05) is 37.7 Å². The Morgan fingerprint density at radius 2 is 1.86 bits per heavy atom. The molecule has 184 valence electrons. The van der Waals surface area contributed by atoms with Crippen LogP contribution in [0, 0.1) is 20.8 Å². The minimum Gasteiger partial charge on any atom is -0.379 e. The van der Waals surface area contributed by atoms with Gasteiger partial charge < -0.3 is 19.5 Å². The van der Waals surface area contributed by atoms with E-state index in [-0.39, 0.29) is 12.1 Å². The van der Waals surface area contributed by atoms with Gasteiger partial charge in [0.25, 0.3) is 0 Å². The number of anilines is 1. The molecule has 2 fully saturated rings. The summed E-state index contributed by atoms with van der Waals surface area (Å²) in [5, 5.41) is 4.34. The summed E-state index contributed by atoms with van der Waals surface area (Å²) in [7, 11) is 0. The van der Waals surface area contributed by atoms with Crippen LogP contribution in [0.4, 0.5) is 5.69 Å². The first-order valence-electron chi connectivity index (χ1n) is 12.6. The van der Waals surface area contributed by atoms with Crippen LogP contribution in [0.1, 0.15) is 46.7 Å². The SMILES string of the molecule is Cc1cccc(N2C(=S)N[C@H](c3ccccn3)[C@H]2c2cc(C)n(CCCN3CCOCC3)c2C)c1. The molecule has 0 spiro atoms. The van der Waals surface area contributed by atoms with Gasteiger partial charge >= 0.3 is 0 Å². The molecule has 1 N–H and O–H groups in total. The fourth-order valence-corrected chi connectivity index (χ4v) is 5.82. The van der Waals surface area contributed by atoms with Crippen LogP contribution in [0.2, 0.25) is 0 Å². The molecular formula is C28H35N5OS. The van der Waals surface area contributed by atoms with E-state index in [1.165, 1.54) is 22.5 Å². The smallest absolute Gasteiger partial charge is 0.174 e. The maximum atomic E-state index is 5.91. The highest BCUT2D eigenvalue weighted by atomic mass is 32.1. The van der Waals surface area contributed by atoms with E-state index in [2.05, 4.69) is 76.9 Å². The number of nitrogens with one attached hydrogen (secondary N) is 1. The van der Waals surface area contributed by atoms with Crippen molar-refractivity contribution < 1.29 is 4.74 Å². The molecule has 0 radical (unpaired) electrons. The van der Waals surface area contributed by atoms with Gasteiger partial charge in [0.1, 0.15) is 0 Å². The Hall–Kier alpha value is -2.74. The number of nitrogens with zero attached hydrogens (tertiary/aromatic N) is 4. The fourth-order valence-electron chi connectivity index (χ4n) is 5.48. The highest BCUT2D eigenvalue weighted by molar-refractivity contribution is 7.80. The molecule has 35 heavy (non-hydrogen) atoms. The summed E-state index contributed by atoms with van der Waals surface area (Å²) >= 11 is 5.91. The van der Waals surface area contributed by atoms with Crippen molar-refractivity contribution >= 4 is 23.0 Å². The quantitative estimate of drug-likeness (QED) is 0.485. The second-order valence-corrected chi connectivity index (χ2v) is 10.0. The predicted octanol–water partition coefficient (Wildman–Crippen LogP) is 4.71. The summed E-state index contributed by atoms with van der Waals surface area (Å²) in [5.41, 5.74) is 7.24. The first-order valence-corrected chi connectivity index (χ1v) is 13.0. The molecule has 0 saturated carbocycles. The topological polar surface area (TPSA) is 45.6 Å². The minimum atomic E-state index is -0.0217. The molecule has 1 aromatic carbocycles. The van der Waals surface area contributed by atoms with Crippen LogP contribution in [0.15, 0.2) is 54.7 Å². The van der Waals surface area contributed by atoms with Gasteiger partial charge in [0.05, 0.1) is 31.0 Å². The lowest BCUT2D eigenvalue weighted by atomic mass is 9.96. The van der Waals surface area contributed by atoms with Crippen LogP contribution < -0.4 is 10.2 Å². The Balaban J connectivity index is 1.47. The predicted molar refractivity (Wildman–Crippen MR) is 145 cm³/mol. The molecule has 6 nitrogen and oxygen atoms in total. The van der Waals surface area contributed by atoms with Gasteiger partial charge in [-0.25, -0.2) is 0 Å². The molecule has 5 rings (SSSR count). The lowest BCUT2D eigenvalue weighted by molar-refractivity contribution is 0.0369. The number of rotatable bonds is 7. The third kappa shape index (κ3) is 4.99. The maximum Gasteiger partial charge on any atom is 0.174 e. The summed E-state index contributed by atoms with van der Waals surface area (Å²) in [5.74, 6) is 0. The lowest BCUT2D eigenvalue weighted by Crippen LogP contribution is -2.37. The van der Waals surface area contributed by atoms with Gasteiger partial charge in [0.2, 0.25) is 0 Å². The van der Waals surface area contributed by atoms with Gasteiger partial charge in [0, 0.05) is 49.5 Å². The lowest BCUT2D eigenvalue weighted by Gasteiger charge is -2.28. The molecular weight excluding hydrogens is 454 g/mol. The van der Waals surface area contributed by atoms with E-state index in [1.807, 2.05) is 18.3 Å².